The molecule has 0 fully saturated rings. The lowest BCUT2D eigenvalue weighted by Gasteiger charge is -2.10. The number of aromatic nitrogens is 1. The van der Waals surface area contributed by atoms with Crippen LogP contribution in [0.1, 0.15) is 18.6 Å². The Kier molecular flexibility index (Phi) is 4.68. The van der Waals surface area contributed by atoms with E-state index in [0.717, 1.165) is 0 Å². The summed E-state index contributed by atoms with van der Waals surface area (Å²) in [6.45, 7) is 1.67. The Morgan fingerprint density at radius 3 is 2.68 bits per heavy atom. The molecule has 1 atom stereocenters. The van der Waals surface area contributed by atoms with Gasteiger partial charge in [-0.05, 0) is 40.5 Å². The highest BCUT2D eigenvalue weighted by Crippen LogP contribution is 2.36. The van der Waals surface area contributed by atoms with Crippen LogP contribution in [0.2, 0.25) is 10.0 Å². The maximum absolute atomic E-state index is 9.51. The van der Waals surface area contributed by atoms with Gasteiger partial charge in [0.1, 0.15) is 5.75 Å². The van der Waals surface area contributed by atoms with E-state index in [2.05, 4.69) is 20.9 Å². The van der Waals surface area contributed by atoms with Gasteiger partial charge < -0.3 is 9.84 Å². The molecule has 2 rings (SSSR count). The third kappa shape index (κ3) is 3.60. The highest BCUT2D eigenvalue weighted by atomic mass is 79.9. The lowest BCUT2D eigenvalue weighted by molar-refractivity contribution is 0.198. The molecule has 0 bridgehead atoms. The van der Waals surface area contributed by atoms with E-state index >= 15 is 0 Å². The van der Waals surface area contributed by atoms with E-state index in [9.17, 15) is 5.11 Å². The molecular weight excluding hydrogens is 353 g/mol. The molecule has 6 heteroatoms. The topological polar surface area (TPSA) is 42.4 Å². The summed E-state index contributed by atoms with van der Waals surface area (Å²) >= 11 is 15.3. The minimum Gasteiger partial charge on any atom is -0.437 e. The van der Waals surface area contributed by atoms with Gasteiger partial charge in [0, 0.05) is 22.8 Å². The number of ether oxygens (including phenoxy) is 1. The fourth-order valence-corrected chi connectivity index (χ4v) is 2.27. The van der Waals surface area contributed by atoms with Crippen LogP contribution in [0.25, 0.3) is 0 Å². The third-order valence-corrected chi connectivity index (χ3v) is 3.92. The maximum atomic E-state index is 9.51. The van der Waals surface area contributed by atoms with Gasteiger partial charge in [-0.25, -0.2) is 4.98 Å². The summed E-state index contributed by atoms with van der Waals surface area (Å²) in [4.78, 5) is 4.06. The van der Waals surface area contributed by atoms with Crippen LogP contribution < -0.4 is 4.74 Å². The molecule has 0 spiro atoms. The van der Waals surface area contributed by atoms with Crippen molar-refractivity contribution in [1.29, 1.82) is 0 Å². The Bertz CT molecular complexity index is 605. The van der Waals surface area contributed by atoms with Gasteiger partial charge in [-0.1, -0.05) is 23.2 Å². The minimum atomic E-state index is -0.589. The fraction of sp³-hybridized carbons (Fsp3) is 0.154. The van der Waals surface area contributed by atoms with Crippen molar-refractivity contribution >= 4 is 39.1 Å². The van der Waals surface area contributed by atoms with Crippen molar-refractivity contribution in [3.05, 3.63) is 50.5 Å². The van der Waals surface area contributed by atoms with Crippen molar-refractivity contribution in [3.63, 3.8) is 0 Å². The number of halogens is 3. The molecule has 0 aliphatic carbocycles. The molecule has 0 aliphatic heterocycles. The first kappa shape index (κ1) is 14.6. The Labute approximate surface area is 129 Å². The zero-order chi connectivity index (χ0) is 14.0. The number of hydrogen-bond acceptors (Lipinski definition) is 3. The van der Waals surface area contributed by atoms with E-state index in [1.807, 2.05) is 0 Å². The number of hydrogen-bond donors (Lipinski definition) is 1. The SMILES string of the molecule is CC(O)c1ccnc(Oc2cc(Cl)c(Br)cc2Cl)c1. The predicted molar refractivity (Wildman–Crippen MR) is 79.1 cm³/mol. The Balaban J connectivity index is 2.31. The molecule has 0 saturated carbocycles. The standard InChI is InChI=1S/C13H10BrCl2NO2/c1-7(18)8-2-3-17-13(4-8)19-12-6-10(15)9(14)5-11(12)16/h2-7,18H,1H3. The van der Waals surface area contributed by atoms with Crippen molar-refractivity contribution in [3.8, 4) is 11.6 Å². The minimum absolute atomic E-state index is 0.346. The van der Waals surface area contributed by atoms with E-state index < -0.39 is 6.10 Å². The lowest BCUT2D eigenvalue weighted by atomic mass is 10.2. The molecule has 1 aromatic heterocycles. The molecule has 0 amide bonds. The molecule has 100 valence electrons. The van der Waals surface area contributed by atoms with Crippen molar-refractivity contribution < 1.29 is 9.84 Å². The molecule has 19 heavy (non-hydrogen) atoms. The molecular formula is C13H10BrCl2NO2. The summed E-state index contributed by atoms with van der Waals surface area (Å²) in [5.74, 6) is 0.754. The van der Waals surface area contributed by atoms with Gasteiger partial charge in [0.25, 0.3) is 0 Å². The number of aliphatic hydroxyl groups excluding tert-OH is 1. The van der Waals surface area contributed by atoms with Crippen LogP contribution in [0.15, 0.2) is 34.9 Å². The molecule has 1 aromatic carbocycles. The van der Waals surface area contributed by atoms with Crippen LogP contribution in [-0.2, 0) is 0 Å². The zero-order valence-electron chi connectivity index (χ0n) is 9.90. The predicted octanol–water partition coefficient (Wildman–Crippen LogP) is 5.00. The van der Waals surface area contributed by atoms with Gasteiger partial charge >= 0.3 is 0 Å². The summed E-state index contributed by atoms with van der Waals surface area (Å²) < 4.78 is 6.27. The summed E-state index contributed by atoms with van der Waals surface area (Å²) in [6.07, 6.45) is 0.973. The number of aliphatic hydroxyl groups is 1. The van der Waals surface area contributed by atoms with Gasteiger partial charge in [0.2, 0.25) is 5.88 Å². The van der Waals surface area contributed by atoms with Gasteiger partial charge in [-0.3, -0.25) is 0 Å². The Morgan fingerprint density at radius 2 is 2.00 bits per heavy atom. The van der Waals surface area contributed by atoms with E-state index in [4.69, 9.17) is 27.9 Å². The molecule has 1 heterocycles. The first-order valence-corrected chi connectivity index (χ1v) is 6.98. The van der Waals surface area contributed by atoms with Gasteiger partial charge in [-0.2, -0.15) is 0 Å². The normalized spacial score (nSPS) is 12.3. The third-order valence-electron chi connectivity index (χ3n) is 2.43. The number of pyridine rings is 1. The van der Waals surface area contributed by atoms with Crippen LogP contribution >= 0.6 is 39.1 Å². The number of rotatable bonds is 3. The summed E-state index contributed by atoms with van der Waals surface area (Å²) in [7, 11) is 0. The number of nitrogens with zero attached hydrogens (tertiary/aromatic N) is 1. The summed E-state index contributed by atoms with van der Waals surface area (Å²) in [6, 6.07) is 6.62. The second-order valence-electron chi connectivity index (χ2n) is 3.90. The van der Waals surface area contributed by atoms with Crippen molar-refractivity contribution in [2.75, 3.05) is 0 Å². The fourth-order valence-electron chi connectivity index (χ4n) is 1.44. The molecule has 3 nitrogen and oxygen atoms in total. The average molecular weight is 363 g/mol. The summed E-state index contributed by atoms with van der Waals surface area (Å²) in [5, 5.41) is 10.4. The first-order chi connectivity index (χ1) is 8.97. The van der Waals surface area contributed by atoms with Gasteiger partial charge in [0.15, 0.2) is 0 Å². The zero-order valence-corrected chi connectivity index (χ0v) is 13.0. The van der Waals surface area contributed by atoms with Crippen LogP contribution in [0.5, 0.6) is 11.6 Å². The van der Waals surface area contributed by atoms with Crippen LogP contribution in [0.4, 0.5) is 0 Å². The molecule has 2 aromatic rings. The van der Waals surface area contributed by atoms with Crippen LogP contribution in [-0.4, -0.2) is 10.1 Å². The molecule has 1 unspecified atom stereocenters. The van der Waals surface area contributed by atoms with Crippen molar-refractivity contribution in [1.82, 2.24) is 4.98 Å². The van der Waals surface area contributed by atoms with E-state index in [-0.39, 0.29) is 0 Å². The second-order valence-corrected chi connectivity index (χ2v) is 5.57. The van der Waals surface area contributed by atoms with E-state index in [1.165, 1.54) is 0 Å². The van der Waals surface area contributed by atoms with Crippen LogP contribution in [0, 0.1) is 0 Å². The monoisotopic (exact) mass is 361 g/mol. The Hall–Kier alpha value is -0.810. The van der Waals surface area contributed by atoms with Gasteiger partial charge in [-0.15, -0.1) is 0 Å². The highest BCUT2D eigenvalue weighted by Gasteiger charge is 2.10. The van der Waals surface area contributed by atoms with Crippen molar-refractivity contribution in [2.24, 2.45) is 0 Å². The maximum Gasteiger partial charge on any atom is 0.219 e. The first-order valence-electron chi connectivity index (χ1n) is 5.44. The molecule has 1 N–H and O–H groups in total. The summed E-state index contributed by atoms with van der Waals surface area (Å²) in [5.41, 5.74) is 0.712. The quantitative estimate of drug-likeness (QED) is 0.781. The lowest BCUT2D eigenvalue weighted by Crippen LogP contribution is -1.94. The Morgan fingerprint density at radius 1 is 1.26 bits per heavy atom. The molecule has 0 radical (unpaired) electrons. The smallest absolute Gasteiger partial charge is 0.219 e. The second kappa shape index (κ2) is 6.09. The van der Waals surface area contributed by atoms with E-state index in [1.54, 1.807) is 37.4 Å². The molecule has 0 aliphatic rings. The van der Waals surface area contributed by atoms with Crippen LogP contribution in [0.3, 0.4) is 0 Å². The highest BCUT2D eigenvalue weighted by molar-refractivity contribution is 9.10. The van der Waals surface area contributed by atoms with E-state index in [0.29, 0.717) is 31.7 Å². The largest absolute Gasteiger partial charge is 0.437 e. The van der Waals surface area contributed by atoms with Gasteiger partial charge in [0.05, 0.1) is 16.1 Å². The average Bonchev–Trinajstić information content (AvgIpc) is 2.36. The number of benzene rings is 1. The van der Waals surface area contributed by atoms with Crippen molar-refractivity contribution in [2.45, 2.75) is 13.0 Å². The molecule has 0 saturated heterocycles.